The van der Waals surface area contributed by atoms with Gasteiger partial charge in [-0.25, -0.2) is 22.0 Å². The van der Waals surface area contributed by atoms with E-state index in [9.17, 15) is 13.2 Å². The number of hydrogen-bond acceptors (Lipinski definition) is 1. The van der Waals surface area contributed by atoms with Gasteiger partial charge in [0.1, 0.15) is 6.61 Å². The molecule has 0 heterocycles. The maximum absolute atomic E-state index is 15.4. The second-order valence-electron chi connectivity index (χ2n) is 10.9. The van der Waals surface area contributed by atoms with E-state index in [0.717, 1.165) is 24.8 Å². The van der Waals surface area contributed by atoms with Gasteiger partial charge in [0.05, 0.1) is 0 Å². The van der Waals surface area contributed by atoms with Crippen LogP contribution in [0.5, 0.6) is 5.75 Å². The van der Waals surface area contributed by atoms with E-state index in [0.29, 0.717) is 36.0 Å². The SMILES string of the molecule is C=CCOc1ccc(-c2ccc(-c3ccc(C4CCc5cc(CCCCC)c(F)c(F)c5C4)c(F)c3F)cc2)c(F)c1F. The second-order valence-corrected chi connectivity index (χ2v) is 10.9. The standard InChI is InChI=1S/C36H32F6O/c1-3-5-6-7-25-19-23-12-13-24(20-29(23)35(41)31(25)37)28-15-14-26(32(38)33(28)39)21-8-10-22(11-9-21)27-16-17-30(43-18-4-2)36(42)34(27)40/h4,8-11,14-17,19,24H,2-3,5-7,12-13,18,20H2,1H3. The van der Waals surface area contributed by atoms with Crippen molar-refractivity contribution < 1.29 is 31.1 Å². The zero-order valence-electron chi connectivity index (χ0n) is 23.9. The average Bonchev–Trinajstić information content (AvgIpc) is 3.02. The van der Waals surface area contributed by atoms with Crippen LogP contribution in [0.2, 0.25) is 0 Å². The molecule has 1 nitrogen and oxygen atoms in total. The van der Waals surface area contributed by atoms with E-state index >= 15 is 13.2 Å². The summed E-state index contributed by atoms with van der Waals surface area (Å²) in [6.45, 7) is 5.54. The van der Waals surface area contributed by atoms with Gasteiger partial charge >= 0.3 is 0 Å². The first kappa shape index (κ1) is 30.5. The van der Waals surface area contributed by atoms with Gasteiger partial charge in [-0.15, -0.1) is 0 Å². The number of halogens is 6. The predicted molar refractivity (Wildman–Crippen MR) is 157 cm³/mol. The van der Waals surface area contributed by atoms with Crippen LogP contribution in [-0.2, 0) is 19.3 Å². The fourth-order valence-electron chi connectivity index (χ4n) is 5.86. The van der Waals surface area contributed by atoms with E-state index in [1.165, 1.54) is 54.6 Å². The van der Waals surface area contributed by atoms with Crippen molar-refractivity contribution in [3.8, 4) is 28.0 Å². The molecule has 0 N–H and O–H groups in total. The summed E-state index contributed by atoms with van der Waals surface area (Å²) in [4.78, 5) is 0. The summed E-state index contributed by atoms with van der Waals surface area (Å²) in [5.74, 6) is -6.79. The Labute approximate surface area is 247 Å². The number of ether oxygens (including phenoxy) is 1. The largest absolute Gasteiger partial charge is 0.486 e. The number of aryl methyl sites for hydroxylation is 2. The monoisotopic (exact) mass is 594 g/mol. The number of benzene rings is 4. The minimum absolute atomic E-state index is 0.00205. The first-order valence-electron chi connectivity index (χ1n) is 14.5. The molecule has 0 saturated heterocycles. The van der Waals surface area contributed by atoms with Crippen LogP contribution < -0.4 is 4.74 Å². The molecule has 0 bridgehead atoms. The molecular weight excluding hydrogens is 562 g/mol. The van der Waals surface area contributed by atoms with E-state index in [-0.39, 0.29) is 41.0 Å². The Kier molecular flexibility index (Phi) is 9.28. The van der Waals surface area contributed by atoms with Crippen LogP contribution in [0.15, 0.2) is 67.3 Å². The lowest BCUT2D eigenvalue weighted by atomic mass is 9.78. The highest BCUT2D eigenvalue weighted by Gasteiger charge is 2.29. The van der Waals surface area contributed by atoms with Gasteiger partial charge in [0.15, 0.2) is 34.8 Å². The van der Waals surface area contributed by atoms with Crippen molar-refractivity contribution in [1.29, 1.82) is 0 Å². The summed E-state index contributed by atoms with van der Waals surface area (Å²) in [7, 11) is 0. The molecule has 7 heteroatoms. The van der Waals surface area contributed by atoms with Crippen LogP contribution in [0.4, 0.5) is 26.3 Å². The molecule has 43 heavy (non-hydrogen) atoms. The van der Waals surface area contributed by atoms with Gasteiger partial charge in [-0.2, -0.15) is 4.39 Å². The first-order valence-corrected chi connectivity index (χ1v) is 14.5. The third kappa shape index (κ3) is 6.08. The van der Waals surface area contributed by atoms with Gasteiger partial charge in [0, 0.05) is 11.1 Å². The Morgan fingerprint density at radius 1 is 0.767 bits per heavy atom. The fraction of sp³-hybridized carbons (Fsp3) is 0.278. The summed E-state index contributed by atoms with van der Waals surface area (Å²) in [6.07, 6.45) is 5.59. The molecule has 224 valence electrons. The summed E-state index contributed by atoms with van der Waals surface area (Å²) < 4.78 is 95.0. The summed E-state index contributed by atoms with van der Waals surface area (Å²) >= 11 is 0. The van der Waals surface area contributed by atoms with Crippen molar-refractivity contribution >= 4 is 0 Å². The van der Waals surface area contributed by atoms with Crippen LogP contribution in [0.25, 0.3) is 22.3 Å². The molecule has 0 fully saturated rings. The molecule has 1 aliphatic rings. The average molecular weight is 595 g/mol. The fourth-order valence-corrected chi connectivity index (χ4v) is 5.86. The molecule has 0 aromatic heterocycles. The summed E-state index contributed by atoms with van der Waals surface area (Å²) in [5, 5.41) is 0. The van der Waals surface area contributed by atoms with Crippen molar-refractivity contribution in [1.82, 2.24) is 0 Å². The Morgan fingerprint density at radius 2 is 1.42 bits per heavy atom. The molecule has 0 radical (unpaired) electrons. The van der Waals surface area contributed by atoms with E-state index in [2.05, 4.69) is 6.58 Å². The second kappa shape index (κ2) is 13.1. The Hall–Kier alpha value is -4.00. The molecule has 1 atom stereocenters. The van der Waals surface area contributed by atoms with E-state index in [4.69, 9.17) is 4.74 Å². The zero-order valence-corrected chi connectivity index (χ0v) is 23.9. The van der Waals surface area contributed by atoms with Crippen LogP contribution >= 0.6 is 0 Å². The summed E-state index contributed by atoms with van der Waals surface area (Å²) in [6, 6.07) is 13.4. The lowest BCUT2D eigenvalue weighted by Crippen LogP contribution is -2.18. The normalized spacial score (nSPS) is 14.4. The van der Waals surface area contributed by atoms with Gasteiger partial charge in [-0.05, 0) is 83.5 Å². The molecule has 0 saturated carbocycles. The van der Waals surface area contributed by atoms with Crippen molar-refractivity contribution in [3.05, 3.63) is 124 Å². The van der Waals surface area contributed by atoms with Crippen LogP contribution in [-0.4, -0.2) is 6.61 Å². The Morgan fingerprint density at radius 3 is 2.07 bits per heavy atom. The van der Waals surface area contributed by atoms with Gasteiger partial charge in [0.2, 0.25) is 5.82 Å². The molecule has 4 aromatic rings. The van der Waals surface area contributed by atoms with Crippen molar-refractivity contribution in [2.75, 3.05) is 6.61 Å². The lowest BCUT2D eigenvalue weighted by Gasteiger charge is -2.27. The topological polar surface area (TPSA) is 9.23 Å². The molecule has 5 rings (SSSR count). The number of hydrogen-bond donors (Lipinski definition) is 0. The van der Waals surface area contributed by atoms with E-state index < -0.39 is 40.8 Å². The van der Waals surface area contributed by atoms with E-state index in [1.807, 2.05) is 6.92 Å². The van der Waals surface area contributed by atoms with Crippen LogP contribution in [0.1, 0.15) is 60.8 Å². The minimum Gasteiger partial charge on any atom is -0.486 e. The van der Waals surface area contributed by atoms with E-state index in [1.54, 1.807) is 6.07 Å². The molecule has 0 spiro atoms. The lowest BCUT2D eigenvalue weighted by molar-refractivity contribution is 0.333. The van der Waals surface area contributed by atoms with Gasteiger partial charge in [-0.3, -0.25) is 0 Å². The van der Waals surface area contributed by atoms with Crippen molar-refractivity contribution in [2.24, 2.45) is 0 Å². The Balaban J connectivity index is 1.37. The van der Waals surface area contributed by atoms with Crippen molar-refractivity contribution in [2.45, 2.75) is 57.8 Å². The summed E-state index contributed by atoms with van der Waals surface area (Å²) in [5.41, 5.74) is 2.13. The molecule has 4 aromatic carbocycles. The molecule has 0 amide bonds. The third-order valence-corrected chi connectivity index (χ3v) is 8.20. The maximum atomic E-state index is 15.4. The zero-order chi connectivity index (χ0) is 30.7. The predicted octanol–water partition coefficient (Wildman–Crippen LogP) is 10.4. The highest BCUT2D eigenvalue weighted by atomic mass is 19.2. The molecule has 1 unspecified atom stereocenters. The molecule has 1 aliphatic carbocycles. The number of fused-ring (bicyclic) bond motifs is 1. The van der Waals surface area contributed by atoms with Crippen LogP contribution in [0.3, 0.4) is 0 Å². The van der Waals surface area contributed by atoms with Gasteiger partial charge in [-0.1, -0.05) is 74.9 Å². The first-order chi connectivity index (χ1) is 20.7. The van der Waals surface area contributed by atoms with Crippen LogP contribution in [0, 0.1) is 34.9 Å². The highest BCUT2D eigenvalue weighted by molar-refractivity contribution is 5.72. The number of unbranched alkanes of at least 4 members (excludes halogenated alkanes) is 2. The van der Waals surface area contributed by atoms with Gasteiger partial charge in [0.25, 0.3) is 0 Å². The molecule has 0 aliphatic heterocycles. The van der Waals surface area contributed by atoms with Crippen molar-refractivity contribution in [3.63, 3.8) is 0 Å². The quantitative estimate of drug-likeness (QED) is 0.101. The molecular formula is C36H32F6O. The van der Waals surface area contributed by atoms with Gasteiger partial charge < -0.3 is 4.74 Å². The third-order valence-electron chi connectivity index (χ3n) is 8.20. The number of rotatable bonds is 10. The minimum atomic E-state index is -1.13. The maximum Gasteiger partial charge on any atom is 0.201 e. The Bertz CT molecular complexity index is 1640. The highest BCUT2D eigenvalue weighted by Crippen LogP contribution is 2.39. The smallest absolute Gasteiger partial charge is 0.201 e.